The highest BCUT2D eigenvalue weighted by molar-refractivity contribution is 14.0. The van der Waals surface area contributed by atoms with Crippen LogP contribution in [0.4, 0.5) is 4.39 Å². The first-order valence-corrected chi connectivity index (χ1v) is 7.83. The number of rotatable bonds is 3. The number of aryl methyl sites for hydroxylation is 1. The molecule has 24 heavy (non-hydrogen) atoms. The number of halogens is 2. The number of methoxy groups -OCH3 is 1. The molecule has 0 saturated carbocycles. The molecule has 0 radical (unpaired) electrons. The molecule has 1 aliphatic rings. The zero-order chi connectivity index (χ0) is 16.8. The number of nitrogens with zero attached hydrogens (tertiary/aromatic N) is 2. The maximum absolute atomic E-state index is 13.3. The lowest BCUT2D eigenvalue weighted by molar-refractivity contribution is -0.146. The molecule has 1 fully saturated rings. The van der Waals surface area contributed by atoms with Gasteiger partial charge in [0.05, 0.1) is 13.0 Å². The molecular weight excluding hydrogens is 424 g/mol. The van der Waals surface area contributed by atoms with Crippen molar-refractivity contribution in [3.05, 3.63) is 35.1 Å². The normalized spacial score (nSPS) is 15.7. The minimum absolute atomic E-state index is 0. The lowest BCUT2D eigenvalue weighted by Crippen LogP contribution is -2.46. The molecule has 1 aromatic carbocycles. The third kappa shape index (κ3) is 5.32. The van der Waals surface area contributed by atoms with E-state index in [1.165, 1.54) is 13.2 Å². The van der Waals surface area contributed by atoms with Gasteiger partial charge in [-0.1, -0.05) is 12.1 Å². The van der Waals surface area contributed by atoms with Crippen LogP contribution < -0.4 is 5.32 Å². The monoisotopic (exact) mass is 449 g/mol. The number of nitrogens with one attached hydrogen (secondary N) is 1. The number of piperidine rings is 1. The highest BCUT2D eigenvalue weighted by Crippen LogP contribution is 2.18. The van der Waals surface area contributed by atoms with Crippen LogP contribution in [0, 0.1) is 18.7 Å². The van der Waals surface area contributed by atoms with E-state index in [-0.39, 0.29) is 41.7 Å². The second-order valence-electron chi connectivity index (χ2n) is 5.77. The van der Waals surface area contributed by atoms with Gasteiger partial charge in [-0.15, -0.1) is 24.0 Å². The average Bonchev–Trinajstić information content (AvgIpc) is 2.58. The van der Waals surface area contributed by atoms with Crippen molar-refractivity contribution in [3.63, 3.8) is 0 Å². The maximum Gasteiger partial charge on any atom is 0.308 e. The number of aliphatic imine (C=N–C) groups is 1. The Morgan fingerprint density at radius 3 is 2.62 bits per heavy atom. The van der Waals surface area contributed by atoms with Crippen molar-refractivity contribution in [1.29, 1.82) is 0 Å². The van der Waals surface area contributed by atoms with E-state index >= 15 is 0 Å². The van der Waals surface area contributed by atoms with E-state index in [1.54, 1.807) is 20.0 Å². The highest BCUT2D eigenvalue weighted by Gasteiger charge is 2.26. The molecule has 0 bridgehead atoms. The number of likely N-dealkylation sites (tertiary alicyclic amines) is 1. The zero-order valence-electron chi connectivity index (χ0n) is 14.3. The van der Waals surface area contributed by atoms with E-state index in [0.717, 1.165) is 37.5 Å². The Hall–Kier alpha value is -1.38. The number of esters is 1. The fourth-order valence-corrected chi connectivity index (χ4v) is 2.82. The van der Waals surface area contributed by atoms with E-state index in [1.807, 2.05) is 6.07 Å². The number of hydrogen-bond acceptors (Lipinski definition) is 3. The Bertz CT molecular complexity index is 587. The molecule has 0 spiro atoms. The minimum Gasteiger partial charge on any atom is -0.469 e. The Kier molecular flexibility index (Phi) is 8.44. The molecular formula is C17H25FIN3O2. The zero-order valence-corrected chi connectivity index (χ0v) is 16.7. The molecule has 1 aromatic rings. The summed E-state index contributed by atoms with van der Waals surface area (Å²) in [4.78, 5) is 18.0. The number of carbonyl (C=O) groups excluding carboxylic acids is 1. The van der Waals surface area contributed by atoms with Crippen LogP contribution in [0.2, 0.25) is 0 Å². The molecule has 0 unspecified atom stereocenters. The fourth-order valence-electron chi connectivity index (χ4n) is 2.82. The van der Waals surface area contributed by atoms with Crippen LogP contribution >= 0.6 is 24.0 Å². The number of hydrogen-bond donors (Lipinski definition) is 1. The third-order valence-electron chi connectivity index (χ3n) is 4.21. The Labute approximate surface area is 159 Å². The largest absolute Gasteiger partial charge is 0.469 e. The predicted molar refractivity (Wildman–Crippen MR) is 103 cm³/mol. The summed E-state index contributed by atoms with van der Waals surface area (Å²) in [5, 5.41) is 3.30. The van der Waals surface area contributed by atoms with E-state index in [0.29, 0.717) is 12.1 Å². The molecule has 5 nitrogen and oxygen atoms in total. The topological polar surface area (TPSA) is 53.9 Å². The van der Waals surface area contributed by atoms with Gasteiger partial charge in [0.2, 0.25) is 0 Å². The first-order chi connectivity index (χ1) is 11.0. The Morgan fingerprint density at radius 1 is 1.42 bits per heavy atom. The summed E-state index contributed by atoms with van der Waals surface area (Å²) < 4.78 is 18.1. The molecule has 134 valence electrons. The summed E-state index contributed by atoms with van der Waals surface area (Å²) in [6, 6.07) is 5.09. The van der Waals surface area contributed by atoms with Crippen LogP contribution in [-0.4, -0.2) is 44.1 Å². The number of guanidine groups is 1. The summed E-state index contributed by atoms with van der Waals surface area (Å²) in [5.41, 5.74) is 1.65. The van der Waals surface area contributed by atoms with Crippen molar-refractivity contribution in [2.75, 3.05) is 27.2 Å². The van der Waals surface area contributed by atoms with Gasteiger partial charge in [-0.3, -0.25) is 9.79 Å². The minimum atomic E-state index is -0.192. The molecule has 0 aromatic heterocycles. The van der Waals surface area contributed by atoms with Gasteiger partial charge in [0, 0.05) is 26.7 Å². The summed E-state index contributed by atoms with van der Waals surface area (Å²) in [6.45, 7) is 3.87. The quantitative estimate of drug-likeness (QED) is 0.334. The molecule has 1 N–H and O–H groups in total. The van der Waals surface area contributed by atoms with Crippen molar-refractivity contribution in [3.8, 4) is 0 Å². The van der Waals surface area contributed by atoms with E-state index in [2.05, 4.69) is 15.2 Å². The van der Waals surface area contributed by atoms with Crippen LogP contribution in [0.1, 0.15) is 24.0 Å². The van der Waals surface area contributed by atoms with E-state index < -0.39 is 0 Å². The van der Waals surface area contributed by atoms with Gasteiger partial charge in [-0.25, -0.2) is 4.39 Å². The summed E-state index contributed by atoms with van der Waals surface area (Å²) in [7, 11) is 3.17. The van der Waals surface area contributed by atoms with Crippen molar-refractivity contribution >= 4 is 35.9 Å². The van der Waals surface area contributed by atoms with E-state index in [9.17, 15) is 9.18 Å². The molecule has 1 saturated heterocycles. The third-order valence-corrected chi connectivity index (χ3v) is 4.21. The molecule has 7 heteroatoms. The lowest BCUT2D eigenvalue weighted by atomic mass is 9.97. The Morgan fingerprint density at radius 2 is 2.08 bits per heavy atom. The standard InChI is InChI=1S/C17H24FN3O2.HI/c1-12-10-13(4-5-15(12)18)11-20-17(19-2)21-8-6-14(7-9-21)16(22)23-3;/h4-5,10,14H,6-9,11H2,1-3H3,(H,19,20);1H. The molecule has 0 aliphatic carbocycles. The molecule has 1 heterocycles. The molecule has 2 rings (SSSR count). The molecule has 1 aliphatic heterocycles. The smallest absolute Gasteiger partial charge is 0.308 e. The van der Waals surface area contributed by atoms with Gasteiger partial charge in [0.15, 0.2) is 5.96 Å². The SMILES string of the molecule is CN=C(NCc1ccc(F)c(C)c1)N1CCC(C(=O)OC)CC1.I. The van der Waals surface area contributed by atoms with Crippen LogP contribution in [0.3, 0.4) is 0 Å². The van der Waals surface area contributed by atoms with Gasteiger partial charge in [0.1, 0.15) is 5.82 Å². The van der Waals surface area contributed by atoms with Crippen LogP contribution in [0.25, 0.3) is 0 Å². The van der Waals surface area contributed by atoms with Gasteiger partial charge in [-0.05, 0) is 37.0 Å². The van der Waals surface area contributed by atoms with Gasteiger partial charge in [0.25, 0.3) is 0 Å². The van der Waals surface area contributed by atoms with Crippen LogP contribution in [0.5, 0.6) is 0 Å². The summed E-state index contributed by atoms with van der Waals surface area (Å²) in [5.74, 6) is 0.460. The maximum atomic E-state index is 13.3. The fraction of sp³-hybridized carbons (Fsp3) is 0.529. The van der Waals surface area contributed by atoms with Crippen LogP contribution in [0.15, 0.2) is 23.2 Å². The number of carbonyl (C=O) groups is 1. The van der Waals surface area contributed by atoms with E-state index in [4.69, 9.17) is 4.74 Å². The first-order valence-electron chi connectivity index (χ1n) is 7.83. The van der Waals surface area contributed by atoms with Crippen molar-refractivity contribution in [1.82, 2.24) is 10.2 Å². The van der Waals surface area contributed by atoms with Gasteiger partial charge >= 0.3 is 5.97 Å². The summed E-state index contributed by atoms with van der Waals surface area (Å²) >= 11 is 0. The van der Waals surface area contributed by atoms with Gasteiger partial charge < -0.3 is 15.0 Å². The van der Waals surface area contributed by atoms with Crippen molar-refractivity contribution < 1.29 is 13.9 Å². The van der Waals surface area contributed by atoms with Gasteiger partial charge in [-0.2, -0.15) is 0 Å². The van der Waals surface area contributed by atoms with Crippen LogP contribution in [-0.2, 0) is 16.1 Å². The summed E-state index contributed by atoms with van der Waals surface area (Å²) in [6.07, 6.45) is 1.53. The first kappa shape index (κ1) is 20.7. The highest BCUT2D eigenvalue weighted by atomic mass is 127. The second kappa shape index (κ2) is 9.80. The Balaban J connectivity index is 0.00000288. The second-order valence-corrected chi connectivity index (χ2v) is 5.77. The van der Waals surface area contributed by atoms with Crippen molar-refractivity contribution in [2.45, 2.75) is 26.3 Å². The average molecular weight is 449 g/mol. The number of ether oxygens (including phenoxy) is 1. The number of benzene rings is 1. The molecule has 0 amide bonds. The lowest BCUT2D eigenvalue weighted by Gasteiger charge is -2.33. The van der Waals surface area contributed by atoms with Crippen molar-refractivity contribution in [2.24, 2.45) is 10.9 Å². The molecule has 0 atom stereocenters. The predicted octanol–water partition coefficient (Wildman–Crippen LogP) is 2.71.